The van der Waals surface area contributed by atoms with Gasteiger partial charge in [-0.2, -0.15) is 0 Å². The highest BCUT2D eigenvalue weighted by Crippen LogP contribution is 2.64. The van der Waals surface area contributed by atoms with Crippen LogP contribution in [-0.2, 0) is 21.7 Å². The van der Waals surface area contributed by atoms with Crippen molar-refractivity contribution in [3.05, 3.63) is 257 Å². The Morgan fingerprint density at radius 1 is 0.437 bits per heavy atom. The monoisotopic (exact) mass is 915 g/mol. The first-order valence-electron chi connectivity index (χ1n) is 25.7. The van der Waals surface area contributed by atoms with Gasteiger partial charge in [-0.05, 0) is 138 Å². The van der Waals surface area contributed by atoms with E-state index in [4.69, 9.17) is 0 Å². The number of fused-ring (bicyclic) bond motifs is 6. The molecule has 346 valence electrons. The van der Waals surface area contributed by atoms with Gasteiger partial charge in [-0.25, -0.2) is 0 Å². The molecule has 0 amide bonds. The van der Waals surface area contributed by atoms with Crippen molar-refractivity contribution in [1.29, 1.82) is 0 Å². The third-order valence-electron chi connectivity index (χ3n) is 16.7. The van der Waals surface area contributed by atoms with Crippen LogP contribution in [0.25, 0.3) is 38.6 Å². The molecule has 3 aliphatic rings. The molecule has 0 radical (unpaired) electrons. The standard InChI is InChI=1S/C69H62BN/c1-66(2,3)49-34-36-51(37-35-49)70(50-20-12-9-13-21-50)64-29-19-27-56-55(26-18-28-58(56)64)48-33-41-60-63(43-48)68(6,7)65-44-62-59(45-69(60,65)8)57-40-32-47(42-61(57)67(62,4)5)46-30-38-54(39-31-46)71(52-22-14-10-15-23-52)53-24-16-11-17-25-53/h9-44H,45H2,1-8H3. The van der Waals surface area contributed by atoms with Crippen LogP contribution in [0.15, 0.2) is 230 Å². The molecule has 1 atom stereocenters. The van der Waals surface area contributed by atoms with Crippen LogP contribution in [0.1, 0.15) is 89.6 Å². The molecule has 9 aromatic carbocycles. The zero-order valence-electron chi connectivity index (χ0n) is 42.5. The highest BCUT2D eigenvalue weighted by Gasteiger charge is 2.54. The third-order valence-corrected chi connectivity index (χ3v) is 16.7. The summed E-state index contributed by atoms with van der Waals surface area (Å²) in [7, 11) is 0. The quantitative estimate of drug-likeness (QED) is 0.137. The van der Waals surface area contributed by atoms with E-state index >= 15 is 0 Å². The highest BCUT2D eigenvalue weighted by atomic mass is 15.1. The minimum atomic E-state index is -0.142. The zero-order chi connectivity index (χ0) is 48.9. The van der Waals surface area contributed by atoms with Gasteiger partial charge in [-0.1, -0.05) is 242 Å². The van der Waals surface area contributed by atoms with E-state index < -0.39 is 0 Å². The highest BCUT2D eigenvalue weighted by molar-refractivity contribution is 6.96. The second kappa shape index (κ2) is 16.6. The molecule has 0 bridgehead atoms. The first-order chi connectivity index (χ1) is 34.2. The molecule has 0 aromatic heterocycles. The normalized spacial score (nSPS) is 17.3. The second-order valence-corrected chi connectivity index (χ2v) is 22.7. The molecule has 0 fully saturated rings. The maximum Gasteiger partial charge on any atom is 0.241 e. The lowest BCUT2D eigenvalue weighted by Crippen LogP contribution is -2.52. The van der Waals surface area contributed by atoms with Crippen LogP contribution in [0.4, 0.5) is 17.1 Å². The molecule has 0 saturated carbocycles. The second-order valence-electron chi connectivity index (χ2n) is 22.7. The summed E-state index contributed by atoms with van der Waals surface area (Å²) in [6.45, 7) is 19.3. The molecule has 0 aliphatic heterocycles. The van der Waals surface area contributed by atoms with E-state index in [-0.39, 0.29) is 28.4 Å². The number of nitrogens with zero attached hydrogens (tertiary/aromatic N) is 1. The molecule has 2 heteroatoms. The molecule has 0 N–H and O–H groups in total. The summed E-state index contributed by atoms with van der Waals surface area (Å²) >= 11 is 0. The van der Waals surface area contributed by atoms with E-state index in [9.17, 15) is 0 Å². The molecule has 0 heterocycles. The fraction of sp³-hybridized carbons (Fsp3) is 0.188. The molecule has 1 unspecified atom stereocenters. The first-order valence-corrected chi connectivity index (χ1v) is 25.7. The summed E-state index contributed by atoms with van der Waals surface area (Å²) in [5.41, 5.74) is 23.8. The fourth-order valence-corrected chi connectivity index (χ4v) is 13.0. The van der Waals surface area contributed by atoms with E-state index in [1.165, 1.54) is 94.0 Å². The topological polar surface area (TPSA) is 3.24 Å². The van der Waals surface area contributed by atoms with E-state index in [1.807, 2.05) is 0 Å². The molecule has 71 heavy (non-hydrogen) atoms. The van der Waals surface area contributed by atoms with Gasteiger partial charge in [0, 0.05) is 33.3 Å². The molecule has 9 aromatic rings. The number of para-hydroxylation sites is 2. The maximum atomic E-state index is 2.64. The molecule has 3 aliphatic carbocycles. The van der Waals surface area contributed by atoms with Crippen LogP contribution < -0.4 is 21.3 Å². The first kappa shape index (κ1) is 44.8. The number of rotatable bonds is 8. The van der Waals surface area contributed by atoms with Gasteiger partial charge >= 0.3 is 0 Å². The largest absolute Gasteiger partial charge is 0.311 e. The van der Waals surface area contributed by atoms with Gasteiger partial charge in [0.1, 0.15) is 0 Å². The third kappa shape index (κ3) is 7.28. The van der Waals surface area contributed by atoms with Crippen LogP contribution in [0, 0.1) is 0 Å². The van der Waals surface area contributed by atoms with Crippen LogP contribution in [0.2, 0.25) is 0 Å². The van der Waals surface area contributed by atoms with Crippen molar-refractivity contribution in [3.63, 3.8) is 0 Å². The van der Waals surface area contributed by atoms with Crippen LogP contribution in [-0.4, -0.2) is 6.71 Å². The Labute approximate surface area is 422 Å². The predicted octanol–water partition coefficient (Wildman–Crippen LogP) is 16.1. The lowest BCUT2D eigenvalue weighted by molar-refractivity contribution is 0.509. The number of anilines is 3. The molecule has 0 spiro atoms. The van der Waals surface area contributed by atoms with E-state index in [0.29, 0.717) is 0 Å². The summed E-state index contributed by atoms with van der Waals surface area (Å²) in [6.07, 6.45) is 3.63. The number of allylic oxidation sites excluding steroid dienone is 4. The van der Waals surface area contributed by atoms with Crippen LogP contribution in [0.3, 0.4) is 0 Å². The van der Waals surface area contributed by atoms with Gasteiger partial charge in [0.25, 0.3) is 0 Å². The SMILES string of the molecule is CC(C)(C)c1ccc(B(c2ccccc2)c2cccc3c(-c4ccc5c(c4)C(C)(C)C4=CC6=C(CC45C)c4ccc(-c5ccc(N(c7ccccc7)c7ccccc7)cc5)cc4C6(C)C)cccc23)cc1. The summed E-state index contributed by atoms with van der Waals surface area (Å²) in [5.74, 6) is 0. The Morgan fingerprint density at radius 3 is 1.66 bits per heavy atom. The van der Waals surface area contributed by atoms with Gasteiger partial charge in [-0.3, -0.25) is 0 Å². The van der Waals surface area contributed by atoms with E-state index in [2.05, 4.69) is 279 Å². The van der Waals surface area contributed by atoms with Gasteiger partial charge in [0.05, 0.1) is 0 Å². The van der Waals surface area contributed by atoms with Crippen molar-refractivity contribution in [2.24, 2.45) is 0 Å². The Bertz CT molecular complexity index is 3530. The van der Waals surface area contributed by atoms with Crippen molar-refractivity contribution in [1.82, 2.24) is 0 Å². The fourth-order valence-electron chi connectivity index (χ4n) is 13.0. The Kier molecular flexibility index (Phi) is 10.5. The van der Waals surface area contributed by atoms with Crippen molar-refractivity contribution >= 4 is 56.5 Å². The maximum absolute atomic E-state index is 2.64. The number of hydrogen-bond donors (Lipinski definition) is 0. The predicted molar refractivity (Wildman–Crippen MR) is 305 cm³/mol. The van der Waals surface area contributed by atoms with Crippen LogP contribution >= 0.6 is 0 Å². The van der Waals surface area contributed by atoms with Gasteiger partial charge in [-0.15, -0.1) is 0 Å². The van der Waals surface area contributed by atoms with E-state index in [0.717, 1.165) is 23.5 Å². The number of hydrogen-bond acceptors (Lipinski definition) is 1. The summed E-state index contributed by atoms with van der Waals surface area (Å²) in [4.78, 5) is 2.33. The molecular formula is C69H62BN. The zero-order valence-corrected chi connectivity index (χ0v) is 42.5. The van der Waals surface area contributed by atoms with Crippen molar-refractivity contribution in [2.45, 2.75) is 83.5 Å². The van der Waals surface area contributed by atoms with Gasteiger partial charge in [0.2, 0.25) is 6.71 Å². The van der Waals surface area contributed by atoms with Crippen LogP contribution in [0.5, 0.6) is 0 Å². The number of benzene rings is 9. The average Bonchev–Trinajstić information content (AvgIpc) is 3.71. The molecule has 12 rings (SSSR count). The van der Waals surface area contributed by atoms with Gasteiger partial charge < -0.3 is 4.90 Å². The summed E-state index contributed by atoms with van der Waals surface area (Å²) < 4.78 is 0. The van der Waals surface area contributed by atoms with E-state index in [1.54, 1.807) is 0 Å². The molecule has 1 nitrogen and oxygen atoms in total. The minimum Gasteiger partial charge on any atom is -0.311 e. The smallest absolute Gasteiger partial charge is 0.241 e. The lowest BCUT2D eigenvalue weighted by Gasteiger charge is -2.38. The average molecular weight is 916 g/mol. The Balaban J connectivity index is 0.874. The van der Waals surface area contributed by atoms with Crippen molar-refractivity contribution in [3.8, 4) is 22.3 Å². The Hall–Kier alpha value is -7.42. The van der Waals surface area contributed by atoms with Crippen molar-refractivity contribution in [2.75, 3.05) is 4.90 Å². The lowest BCUT2D eigenvalue weighted by atomic mass is 9.36. The van der Waals surface area contributed by atoms with Gasteiger partial charge in [0.15, 0.2) is 0 Å². The Morgan fingerprint density at radius 2 is 1.00 bits per heavy atom. The minimum absolute atomic E-state index is 0.0974. The summed E-state index contributed by atoms with van der Waals surface area (Å²) in [6, 6.07) is 79.4. The molecule has 0 saturated heterocycles. The van der Waals surface area contributed by atoms with Crippen molar-refractivity contribution < 1.29 is 0 Å². The summed E-state index contributed by atoms with van der Waals surface area (Å²) in [5, 5.41) is 2.60. The molecular weight excluding hydrogens is 854 g/mol.